The fourth-order valence-electron chi connectivity index (χ4n) is 3.97. The van der Waals surface area contributed by atoms with Gasteiger partial charge in [-0.2, -0.15) is 0 Å². The van der Waals surface area contributed by atoms with Gasteiger partial charge >= 0.3 is 0 Å². The molecule has 4 rings (SSSR count). The summed E-state index contributed by atoms with van der Waals surface area (Å²) in [7, 11) is 0. The third-order valence-corrected chi connectivity index (χ3v) is 5.72. The second-order valence-electron chi connectivity index (χ2n) is 7.67. The van der Waals surface area contributed by atoms with Crippen LogP contribution in [0, 0.1) is 10.1 Å². The second kappa shape index (κ2) is 9.53. The summed E-state index contributed by atoms with van der Waals surface area (Å²) in [6.45, 7) is 6.06. The van der Waals surface area contributed by atoms with E-state index in [-0.39, 0.29) is 11.6 Å². The molecule has 0 spiro atoms. The molecule has 1 amide bonds. The molecule has 0 atom stereocenters. The zero-order chi connectivity index (χ0) is 23.4. The second-order valence-corrected chi connectivity index (χ2v) is 7.67. The number of non-ortho nitro benzene ring substituents is 1. The minimum Gasteiger partial charge on any atom is -0.372 e. The molecule has 1 heterocycles. The van der Waals surface area contributed by atoms with Gasteiger partial charge in [-0.25, -0.2) is 0 Å². The van der Waals surface area contributed by atoms with E-state index in [1.54, 1.807) is 23.1 Å². The molecule has 3 aromatic rings. The maximum absolute atomic E-state index is 13.5. The lowest BCUT2D eigenvalue weighted by Gasteiger charge is -2.24. The molecular formula is C27H25N3O3. The lowest BCUT2D eigenvalue weighted by molar-refractivity contribution is -0.384. The van der Waals surface area contributed by atoms with E-state index >= 15 is 0 Å². The average molecular weight is 440 g/mol. The third kappa shape index (κ3) is 4.55. The highest BCUT2D eigenvalue weighted by Gasteiger charge is 2.30. The van der Waals surface area contributed by atoms with Crippen LogP contribution in [0.4, 0.5) is 17.1 Å². The van der Waals surface area contributed by atoms with Crippen LogP contribution in [0.15, 0.2) is 90.5 Å². The van der Waals surface area contributed by atoms with E-state index < -0.39 is 4.92 Å². The van der Waals surface area contributed by atoms with E-state index in [1.807, 2.05) is 60.7 Å². The molecule has 0 bridgehead atoms. The highest BCUT2D eigenvalue weighted by atomic mass is 16.6. The normalized spacial score (nSPS) is 14.5. The molecule has 33 heavy (non-hydrogen) atoms. The Bertz CT molecular complexity index is 1210. The number of nitro groups is 1. The van der Waals surface area contributed by atoms with Crippen LogP contribution in [0.3, 0.4) is 0 Å². The van der Waals surface area contributed by atoms with Crippen molar-refractivity contribution in [2.24, 2.45) is 0 Å². The predicted octanol–water partition coefficient (Wildman–Crippen LogP) is 5.91. The minimum absolute atomic E-state index is 0.0188. The first-order valence-electron chi connectivity index (χ1n) is 10.9. The fraction of sp³-hybridized carbons (Fsp3) is 0.148. The van der Waals surface area contributed by atoms with Crippen LogP contribution in [-0.4, -0.2) is 23.9 Å². The van der Waals surface area contributed by atoms with Crippen molar-refractivity contribution in [3.05, 3.63) is 112 Å². The summed E-state index contributed by atoms with van der Waals surface area (Å²) in [6.07, 6.45) is 3.64. The Morgan fingerprint density at radius 2 is 1.55 bits per heavy atom. The first kappa shape index (κ1) is 22.0. The molecule has 0 aromatic heterocycles. The van der Waals surface area contributed by atoms with Gasteiger partial charge in [0, 0.05) is 42.2 Å². The molecule has 0 fully saturated rings. The lowest BCUT2D eigenvalue weighted by atomic mass is 10.1. The summed E-state index contributed by atoms with van der Waals surface area (Å²) in [5.74, 6) is -0.136. The standard InChI is InChI=1S/C27H25N3O3/c1-3-28(4-2)23-14-16-24(17-15-23)29-26(21-8-6-5-7-9-21)19-22(27(29)31)18-20-10-12-25(13-11-20)30(32)33/h5-19H,3-4H2,1-2H3/b22-18+. The Hall–Kier alpha value is -4.19. The monoisotopic (exact) mass is 439 g/mol. The van der Waals surface area contributed by atoms with Gasteiger partial charge in [0.25, 0.3) is 11.6 Å². The molecule has 0 N–H and O–H groups in total. The molecule has 0 unspecified atom stereocenters. The number of rotatable bonds is 7. The van der Waals surface area contributed by atoms with Crippen molar-refractivity contribution < 1.29 is 9.72 Å². The molecule has 6 heteroatoms. The van der Waals surface area contributed by atoms with Gasteiger partial charge in [0.15, 0.2) is 0 Å². The Morgan fingerprint density at radius 1 is 0.909 bits per heavy atom. The number of hydrogen-bond acceptors (Lipinski definition) is 4. The zero-order valence-corrected chi connectivity index (χ0v) is 18.6. The van der Waals surface area contributed by atoms with Crippen LogP contribution in [0.5, 0.6) is 0 Å². The maximum atomic E-state index is 13.5. The average Bonchev–Trinajstić information content (AvgIpc) is 3.17. The van der Waals surface area contributed by atoms with Crippen molar-refractivity contribution in [3.8, 4) is 0 Å². The number of carbonyl (C=O) groups is 1. The molecule has 1 aliphatic heterocycles. The largest absolute Gasteiger partial charge is 0.372 e. The van der Waals surface area contributed by atoms with E-state index in [4.69, 9.17) is 0 Å². The van der Waals surface area contributed by atoms with E-state index in [1.165, 1.54) is 12.1 Å². The SMILES string of the molecule is CCN(CC)c1ccc(N2C(=O)/C(=C/c3ccc([N+](=O)[O-])cc3)C=C2c2ccccc2)cc1. The van der Waals surface area contributed by atoms with Crippen LogP contribution in [0.1, 0.15) is 25.0 Å². The van der Waals surface area contributed by atoms with E-state index in [0.717, 1.165) is 41.3 Å². The summed E-state index contributed by atoms with van der Waals surface area (Å²) >= 11 is 0. The number of anilines is 2. The molecular weight excluding hydrogens is 414 g/mol. The quantitative estimate of drug-likeness (QED) is 0.261. The number of nitrogens with zero attached hydrogens (tertiary/aromatic N) is 3. The smallest absolute Gasteiger partial charge is 0.269 e. The first-order chi connectivity index (χ1) is 16.0. The Labute approximate surface area is 193 Å². The highest BCUT2D eigenvalue weighted by Crippen LogP contribution is 2.36. The molecule has 0 saturated carbocycles. The maximum Gasteiger partial charge on any atom is 0.269 e. The van der Waals surface area contributed by atoms with Gasteiger partial charge in [-0.3, -0.25) is 19.8 Å². The van der Waals surface area contributed by atoms with E-state index in [2.05, 4.69) is 18.7 Å². The first-order valence-corrected chi connectivity index (χ1v) is 10.9. The van der Waals surface area contributed by atoms with E-state index in [0.29, 0.717) is 5.57 Å². The number of benzene rings is 3. The van der Waals surface area contributed by atoms with Gasteiger partial charge in [-0.1, -0.05) is 30.3 Å². The molecule has 3 aromatic carbocycles. The van der Waals surface area contributed by atoms with Gasteiger partial charge < -0.3 is 4.90 Å². The third-order valence-electron chi connectivity index (χ3n) is 5.72. The Balaban J connectivity index is 1.73. The molecule has 6 nitrogen and oxygen atoms in total. The number of amides is 1. The van der Waals surface area contributed by atoms with Crippen molar-refractivity contribution >= 4 is 34.7 Å². The predicted molar refractivity (Wildman–Crippen MR) is 133 cm³/mol. The van der Waals surface area contributed by atoms with Crippen molar-refractivity contribution in [2.75, 3.05) is 22.9 Å². The summed E-state index contributed by atoms with van der Waals surface area (Å²) in [5, 5.41) is 10.9. The molecule has 0 radical (unpaired) electrons. The van der Waals surface area contributed by atoms with Crippen LogP contribution in [0.25, 0.3) is 11.8 Å². The van der Waals surface area contributed by atoms with Crippen LogP contribution in [-0.2, 0) is 4.79 Å². The van der Waals surface area contributed by atoms with Crippen LogP contribution in [0.2, 0.25) is 0 Å². The summed E-state index contributed by atoms with van der Waals surface area (Å²) in [6, 6.07) is 24.0. The van der Waals surface area contributed by atoms with E-state index in [9.17, 15) is 14.9 Å². The van der Waals surface area contributed by atoms with Crippen molar-refractivity contribution in [1.82, 2.24) is 0 Å². The summed E-state index contributed by atoms with van der Waals surface area (Å²) in [4.78, 5) is 28.0. The number of hydrogen-bond donors (Lipinski definition) is 0. The topological polar surface area (TPSA) is 66.7 Å². The van der Waals surface area contributed by atoms with Crippen LogP contribution >= 0.6 is 0 Å². The van der Waals surface area contributed by atoms with Crippen molar-refractivity contribution in [3.63, 3.8) is 0 Å². The van der Waals surface area contributed by atoms with Gasteiger partial charge in [0.1, 0.15) is 0 Å². The summed E-state index contributed by atoms with van der Waals surface area (Å²) in [5.41, 5.74) is 4.91. The Morgan fingerprint density at radius 3 is 2.12 bits per heavy atom. The summed E-state index contributed by atoms with van der Waals surface area (Å²) < 4.78 is 0. The van der Waals surface area contributed by atoms with Gasteiger partial charge in [-0.15, -0.1) is 0 Å². The zero-order valence-electron chi connectivity index (χ0n) is 18.6. The number of nitro benzene ring substituents is 1. The van der Waals surface area contributed by atoms with Gasteiger partial charge in [0.2, 0.25) is 0 Å². The van der Waals surface area contributed by atoms with Crippen molar-refractivity contribution in [1.29, 1.82) is 0 Å². The molecule has 1 aliphatic rings. The lowest BCUT2D eigenvalue weighted by Crippen LogP contribution is -2.25. The van der Waals surface area contributed by atoms with Crippen LogP contribution < -0.4 is 9.80 Å². The Kier molecular flexibility index (Phi) is 6.36. The minimum atomic E-state index is -0.436. The van der Waals surface area contributed by atoms with Gasteiger partial charge in [0.05, 0.1) is 10.6 Å². The number of carbonyl (C=O) groups excluding carboxylic acids is 1. The van der Waals surface area contributed by atoms with Gasteiger partial charge in [-0.05, 0) is 73.5 Å². The highest BCUT2D eigenvalue weighted by molar-refractivity contribution is 6.23. The molecule has 0 saturated heterocycles. The fourth-order valence-corrected chi connectivity index (χ4v) is 3.97. The van der Waals surface area contributed by atoms with Crippen molar-refractivity contribution in [2.45, 2.75) is 13.8 Å². The molecule has 0 aliphatic carbocycles. The molecule has 166 valence electrons.